The fourth-order valence-electron chi connectivity index (χ4n) is 2.58. The summed E-state index contributed by atoms with van der Waals surface area (Å²) in [6.07, 6.45) is 1.04. The standard InChI is InChI=1S/C20H29BFNO5/c1-18(2,3)26-17(25)23-12-14(8-13-9-15(22)11-16(24)10-13)21-27-19(4,5)20(6,7)28-21/h8-11,24H,12H2,1-7H3,(H,23,25). The van der Waals surface area contributed by atoms with Gasteiger partial charge in [0.25, 0.3) is 0 Å². The van der Waals surface area contributed by atoms with Gasteiger partial charge in [0.15, 0.2) is 0 Å². The van der Waals surface area contributed by atoms with E-state index in [9.17, 15) is 14.3 Å². The van der Waals surface area contributed by atoms with E-state index >= 15 is 0 Å². The maximum Gasteiger partial charge on any atom is 0.492 e. The molecular formula is C20H29BFNO5. The van der Waals surface area contributed by atoms with E-state index in [1.807, 2.05) is 27.7 Å². The predicted molar refractivity (Wildman–Crippen MR) is 106 cm³/mol. The molecule has 0 bridgehead atoms. The largest absolute Gasteiger partial charge is 0.508 e. The summed E-state index contributed by atoms with van der Waals surface area (Å²) in [5.74, 6) is -0.765. The van der Waals surface area contributed by atoms with Crippen LogP contribution in [0.5, 0.6) is 5.75 Å². The lowest BCUT2D eigenvalue weighted by Crippen LogP contribution is -2.41. The summed E-state index contributed by atoms with van der Waals surface area (Å²) in [4.78, 5) is 12.1. The number of aromatic hydroxyl groups is 1. The first-order chi connectivity index (χ1) is 12.7. The molecular weight excluding hydrogens is 364 g/mol. The molecule has 0 aromatic heterocycles. The number of benzene rings is 1. The molecule has 1 aromatic carbocycles. The number of ether oxygens (including phenoxy) is 1. The van der Waals surface area contributed by atoms with E-state index < -0.39 is 35.8 Å². The van der Waals surface area contributed by atoms with Crippen LogP contribution in [0.3, 0.4) is 0 Å². The number of hydrogen-bond acceptors (Lipinski definition) is 5. The van der Waals surface area contributed by atoms with Crippen LogP contribution in [0.15, 0.2) is 23.7 Å². The highest BCUT2D eigenvalue weighted by Crippen LogP contribution is 2.38. The first-order valence-corrected chi connectivity index (χ1v) is 9.21. The number of phenols is 1. The van der Waals surface area contributed by atoms with Crippen LogP contribution in [0, 0.1) is 5.82 Å². The molecule has 0 spiro atoms. The number of carbonyl (C=O) groups is 1. The van der Waals surface area contributed by atoms with Gasteiger partial charge in [-0.05, 0) is 71.6 Å². The third-order valence-electron chi connectivity index (χ3n) is 4.65. The molecule has 0 aliphatic carbocycles. The normalized spacial score (nSPS) is 18.9. The van der Waals surface area contributed by atoms with Gasteiger partial charge in [0.2, 0.25) is 0 Å². The summed E-state index contributed by atoms with van der Waals surface area (Å²) < 4.78 is 31.0. The maximum absolute atomic E-state index is 13.7. The van der Waals surface area contributed by atoms with Crippen molar-refractivity contribution in [1.29, 1.82) is 0 Å². The van der Waals surface area contributed by atoms with Crippen molar-refractivity contribution in [1.82, 2.24) is 5.32 Å². The van der Waals surface area contributed by atoms with E-state index in [0.29, 0.717) is 11.0 Å². The van der Waals surface area contributed by atoms with Gasteiger partial charge in [-0.25, -0.2) is 9.18 Å². The Morgan fingerprint density at radius 1 is 1.21 bits per heavy atom. The third kappa shape index (κ3) is 5.72. The third-order valence-corrected chi connectivity index (χ3v) is 4.65. The Balaban J connectivity index is 2.28. The van der Waals surface area contributed by atoms with Crippen molar-refractivity contribution in [3.05, 3.63) is 35.1 Å². The van der Waals surface area contributed by atoms with Gasteiger partial charge >= 0.3 is 13.2 Å². The van der Waals surface area contributed by atoms with Gasteiger partial charge in [-0.15, -0.1) is 0 Å². The van der Waals surface area contributed by atoms with Crippen molar-refractivity contribution in [2.45, 2.75) is 65.3 Å². The van der Waals surface area contributed by atoms with Crippen molar-refractivity contribution in [2.75, 3.05) is 6.54 Å². The average molecular weight is 393 g/mol. The zero-order valence-corrected chi connectivity index (χ0v) is 17.6. The second kappa shape index (κ2) is 7.76. The highest BCUT2D eigenvalue weighted by Gasteiger charge is 2.52. The minimum absolute atomic E-state index is 0.0724. The Kier molecular flexibility index (Phi) is 6.16. The first kappa shape index (κ1) is 22.2. The lowest BCUT2D eigenvalue weighted by atomic mass is 9.77. The van der Waals surface area contributed by atoms with Crippen LogP contribution in [0.25, 0.3) is 6.08 Å². The molecule has 1 aromatic rings. The molecule has 0 unspecified atom stereocenters. The monoisotopic (exact) mass is 393 g/mol. The highest BCUT2D eigenvalue weighted by molar-refractivity contribution is 6.56. The van der Waals surface area contributed by atoms with Gasteiger partial charge in [0, 0.05) is 12.6 Å². The molecule has 0 radical (unpaired) electrons. The first-order valence-electron chi connectivity index (χ1n) is 9.21. The van der Waals surface area contributed by atoms with Crippen molar-refractivity contribution < 1.29 is 28.3 Å². The van der Waals surface area contributed by atoms with Gasteiger partial charge < -0.3 is 24.5 Å². The number of hydrogen-bond donors (Lipinski definition) is 2. The zero-order valence-electron chi connectivity index (χ0n) is 17.6. The van der Waals surface area contributed by atoms with Gasteiger partial charge in [0.1, 0.15) is 17.2 Å². The molecule has 2 N–H and O–H groups in total. The second-order valence-corrected chi connectivity index (χ2v) is 8.91. The Morgan fingerprint density at radius 3 is 2.29 bits per heavy atom. The highest BCUT2D eigenvalue weighted by atomic mass is 19.1. The number of rotatable bonds is 4. The summed E-state index contributed by atoms with van der Waals surface area (Å²) in [7, 11) is -0.745. The van der Waals surface area contributed by atoms with Gasteiger partial charge in [-0.2, -0.15) is 0 Å². The number of phenolic OH excluding ortho intramolecular Hbond substituents is 1. The van der Waals surface area contributed by atoms with E-state index in [0.717, 1.165) is 6.07 Å². The van der Waals surface area contributed by atoms with Crippen molar-refractivity contribution in [3.63, 3.8) is 0 Å². The van der Waals surface area contributed by atoms with Crippen LogP contribution < -0.4 is 5.32 Å². The number of alkyl carbamates (subject to hydrolysis) is 1. The summed E-state index contributed by atoms with van der Waals surface area (Å²) in [5.41, 5.74) is -0.797. The molecule has 0 atom stereocenters. The Labute approximate surface area is 166 Å². The number of halogens is 1. The van der Waals surface area contributed by atoms with E-state index in [1.165, 1.54) is 12.1 Å². The fraction of sp³-hybridized carbons (Fsp3) is 0.550. The molecule has 1 aliphatic rings. The Hall–Kier alpha value is -2.06. The van der Waals surface area contributed by atoms with E-state index in [1.54, 1.807) is 26.8 Å². The lowest BCUT2D eigenvalue weighted by molar-refractivity contribution is 0.00578. The Bertz CT molecular complexity index is 734. The molecule has 6 nitrogen and oxygen atoms in total. The van der Waals surface area contributed by atoms with Crippen molar-refractivity contribution in [2.24, 2.45) is 0 Å². The minimum Gasteiger partial charge on any atom is -0.508 e. The maximum atomic E-state index is 13.7. The van der Waals surface area contributed by atoms with Gasteiger partial charge in [-0.1, -0.05) is 6.08 Å². The molecule has 0 saturated carbocycles. The minimum atomic E-state index is -0.745. The molecule has 1 amide bonds. The quantitative estimate of drug-likeness (QED) is 0.755. The zero-order chi connectivity index (χ0) is 21.3. The van der Waals surface area contributed by atoms with Crippen LogP contribution in [-0.4, -0.2) is 41.7 Å². The second-order valence-electron chi connectivity index (χ2n) is 8.91. The molecule has 1 aliphatic heterocycles. The van der Waals surface area contributed by atoms with Crippen LogP contribution >= 0.6 is 0 Å². The SMILES string of the molecule is CC(C)(C)OC(=O)NCC(=Cc1cc(O)cc(F)c1)B1OC(C)(C)C(C)(C)O1. The fourth-order valence-corrected chi connectivity index (χ4v) is 2.58. The van der Waals surface area contributed by atoms with Crippen molar-refractivity contribution >= 4 is 19.3 Å². The van der Waals surface area contributed by atoms with E-state index in [4.69, 9.17) is 14.0 Å². The summed E-state index contributed by atoms with van der Waals surface area (Å²) in [5, 5.41) is 12.3. The molecule has 154 valence electrons. The molecule has 2 rings (SSSR count). The van der Waals surface area contributed by atoms with Crippen LogP contribution in [0.2, 0.25) is 0 Å². The smallest absolute Gasteiger partial charge is 0.492 e. The Morgan fingerprint density at radius 2 is 1.79 bits per heavy atom. The van der Waals surface area contributed by atoms with Crippen molar-refractivity contribution in [3.8, 4) is 5.75 Å². The summed E-state index contributed by atoms with van der Waals surface area (Å²) in [6.45, 7) is 13.1. The van der Waals surface area contributed by atoms with Crippen LogP contribution in [0.4, 0.5) is 9.18 Å². The molecule has 28 heavy (non-hydrogen) atoms. The van der Waals surface area contributed by atoms with Gasteiger partial charge in [0.05, 0.1) is 11.2 Å². The predicted octanol–water partition coefficient (Wildman–Crippen LogP) is 4.07. The molecule has 1 saturated heterocycles. The number of nitrogens with one attached hydrogen (secondary N) is 1. The van der Waals surface area contributed by atoms with E-state index in [2.05, 4.69) is 5.32 Å². The van der Waals surface area contributed by atoms with Gasteiger partial charge in [-0.3, -0.25) is 0 Å². The number of carbonyl (C=O) groups excluding carboxylic acids is 1. The topological polar surface area (TPSA) is 77.0 Å². The summed E-state index contributed by atoms with van der Waals surface area (Å²) >= 11 is 0. The number of amides is 1. The summed E-state index contributed by atoms with van der Waals surface area (Å²) in [6, 6.07) is 3.71. The molecule has 8 heteroatoms. The van der Waals surface area contributed by atoms with E-state index in [-0.39, 0.29) is 12.3 Å². The molecule has 1 heterocycles. The lowest BCUT2D eigenvalue weighted by Gasteiger charge is -2.32. The average Bonchev–Trinajstić information content (AvgIpc) is 2.68. The van der Waals surface area contributed by atoms with Crippen LogP contribution in [0.1, 0.15) is 54.0 Å². The van der Waals surface area contributed by atoms with Crippen LogP contribution in [-0.2, 0) is 14.0 Å². The molecule has 1 fully saturated rings.